The van der Waals surface area contributed by atoms with Gasteiger partial charge in [0.1, 0.15) is 18.4 Å². The van der Waals surface area contributed by atoms with Crippen LogP contribution in [0.1, 0.15) is 26.7 Å². The van der Waals surface area contributed by atoms with Crippen LogP contribution < -0.4 is 15.4 Å². The predicted molar refractivity (Wildman–Crippen MR) is 112 cm³/mol. The van der Waals surface area contributed by atoms with Crippen molar-refractivity contribution in [1.29, 1.82) is 0 Å². The highest BCUT2D eigenvalue weighted by Gasteiger charge is 2.22. The number of aliphatic imine (C=N–C) groups is 1. The number of halogens is 1. The Morgan fingerprint density at radius 2 is 1.80 bits per heavy atom. The molecular formula is C18H29IN4O2. The van der Waals surface area contributed by atoms with Gasteiger partial charge in [-0.15, -0.1) is 24.0 Å². The fraction of sp³-hybridized carbons (Fsp3) is 0.556. The lowest BCUT2D eigenvalue weighted by Crippen LogP contribution is -2.47. The SMILES string of the molecule is CCNC(=O)CN=C(NCC)N1CCC(Oc2ccccc2)CC1.I. The van der Waals surface area contributed by atoms with E-state index in [2.05, 4.69) is 20.5 Å². The number of guanidine groups is 1. The summed E-state index contributed by atoms with van der Waals surface area (Å²) in [5.74, 6) is 1.69. The maximum absolute atomic E-state index is 11.6. The van der Waals surface area contributed by atoms with Crippen molar-refractivity contribution >= 4 is 35.8 Å². The molecule has 1 heterocycles. The van der Waals surface area contributed by atoms with Crippen LogP contribution in [0, 0.1) is 0 Å². The Bertz CT molecular complexity index is 531. The van der Waals surface area contributed by atoms with E-state index < -0.39 is 0 Å². The molecule has 2 N–H and O–H groups in total. The Balaban J connectivity index is 0.00000312. The van der Waals surface area contributed by atoms with Gasteiger partial charge >= 0.3 is 0 Å². The molecule has 0 aliphatic carbocycles. The second-order valence-electron chi connectivity index (χ2n) is 5.74. The lowest BCUT2D eigenvalue weighted by molar-refractivity contribution is -0.119. The second kappa shape index (κ2) is 11.9. The van der Waals surface area contributed by atoms with Crippen LogP contribution in [0.5, 0.6) is 5.75 Å². The van der Waals surface area contributed by atoms with Crippen molar-refractivity contribution < 1.29 is 9.53 Å². The molecule has 1 aliphatic rings. The largest absolute Gasteiger partial charge is 0.490 e. The minimum Gasteiger partial charge on any atom is -0.490 e. The van der Waals surface area contributed by atoms with Crippen LogP contribution in [0.15, 0.2) is 35.3 Å². The van der Waals surface area contributed by atoms with E-state index in [4.69, 9.17) is 4.74 Å². The third kappa shape index (κ3) is 7.50. The molecule has 0 spiro atoms. The lowest BCUT2D eigenvalue weighted by atomic mass is 10.1. The molecule has 2 rings (SSSR count). The first-order valence-corrected chi connectivity index (χ1v) is 8.74. The predicted octanol–water partition coefficient (Wildman–Crippen LogP) is 2.25. The minimum absolute atomic E-state index is 0. The zero-order valence-corrected chi connectivity index (χ0v) is 17.4. The summed E-state index contributed by atoms with van der Waals surface area (Å²) < 4.78 is 6.02. The molecule has 0 atom stereocenters. The standard InChI is InChI=1S/C18H28N4O2.HI/c1-3-19-17(23)14-21-18(20-4-2)22-12-10-16(11-13-22)24-15-8-6-5-7-9-15;/h5-9,16H,3-4,10-14H2,1-2H3,(H,19,23)(H,20,21);1H. The summed E-state index contributed by atoms with van der Waals surface area (Å²) in [6, 6.07) is 9.95. The number of likely N-dealkylation sites (tertiary alicyclic amines) is 1. The number of hydrogen-bond donors (Lipinski definition) is 2. The summed E-state index contributed by atoms with van der Waals surface area (Å²) in [5, 5.41) is 6.04. The highest BCUT2D eigenvalue weighted by molar-refractivity contribution is 14.0. The maximum Gasteiger partial charge on any atom is 0.241 e. The van der Waals surface area contributed by atoms with Gasteiger partial charge in [-0.05, 0) is 26.0 Å². The van der Waals surface area contributed by atoms with Gasteiger partial charge in [-0.25, -0.2) is 4.99 Å². The Morgan fingerprint density at radius 1 is 1.16 bits per heavy atom. The summed E-state index contributed by atoms with van der Waals surface area (Å²) in [4.78, 5) is 18.3. The number of ether oxygens (including phenoxy) is 1. The number of para-hydroxylation sites is 1. The number of rotatable bonds is 6. The highest BCUT2D eigenvalue weighted by Crippen LogP contribution is 2.18. The molecule has 25 heavy (non-hydrogen) atoms. The molecule has 1 aromatic rings. The number of benzene rings is 1. The Labute approximate surface area is 167 Å². The van der Waals surface area contributed by atoms with E-state index >= 15 is 0 Å². The molecular weight excluding hydrogens is 431 g/mol. The molecule has 1 saturated heterocycles. The van der Waals surface area contributed by atoms with Gasteiger partial charge in [0.15, 0.2) is 5.96 Å². The summed E-state index contributed by atoms with van der Waals surface area (Å²) in [6.07, 6.45) is 2.12. The molecule has 1 amide bonds. The van der Waals surface area contributed by atoms with Crippen molar-refractivity contribution in [3.8, 4) is 5.75 Å². The quantitative estimate of drug-likeness (QED) is 0.389. The molecule has 1 aromatic carbocycles. The first kappa shape index (κ1) is 21.5. The number of nitrogens with zero attached hydrogens (tertiary/aromatic N) is 2. The van der Waals surface area contributed by atoms with Gasteiger partial charge in [0, 0.05) is 39.0 Å². The minimum atomic E-state index is -0.0461. The van der Waals surface area contributed by atoms with E-state index in [1.54, 1.807) is 0 Å². The Morgan fingerprint density at radius 3 is 2.40 bits per heavy atom. The highest BCUT2D eigenvalue weighted by atomic mass is 127. The topological polar surface area (TPSA) is 66.0 Å². The van der Waals surface area contributed by atoms with E-state index in [-0.39, 0.29) is 42.5 Å². The monoisotopic (exact) mass is 460 g/mol. The molecule has 0 radical (unpaired) electrons. The van der Waals surface area contributed by atoms with Crippen LogP contribution in [0.2, 0.25) is 0 Å². The summed E-state index contributed by atoms with van der Waals surface area (Å²) in [6.45, 7) is 7.27. The molecule has 1 fully saturated rings. The number of amides is 1. The first-order chi connectivity index (χ1) is 11.7. The van der Waals surface area contributed by atoms with Crippen LogP contribution >= 0.6 is 24.0 Å². The van der Waals surface area contributed by atoms with E-state index in [1.807, 2.05) is 44.2 Å². The van der Waals surface area contributed by atoms with E-state index in [0.717, 1.165) is 44.2 Å². The molecule has 7 heteroatoms. The van der Waals surface area contributed by atoms with Crippen LogP contribution in [0.3, 0.4) is 0 Å². The van der Waals surface area contributed by atoms with Crippen molar-refractivity contribution in [2.75, 3.05) is 32.7 Å². The summed E-state index contributed by atoms with van der Waals surface area (Å²) >= 11 is 0. The van der Waals surface area contributed by atoms with E-state index in [9.17, 15) is 4.79 Å². The maximum atomic E-state index is 11.6. The zero-order valence-electron chi connectivity index (χ0n) is 15.0. The number of carbonyl (C=O) groups is 1. The molecule has 0 unspecified atom stereocenters. The fourth-order valence-electron chi connectivity index (χ4n) is 2.70. The number of likely N-dealkylation sites (N-methyl/N-ethyl adjacent to an activating group) is 1. The number of piperidine rings is 1. The number of carbonyl (C=O) groups excluding carboxylic acids is 1. The van der Waals surface area contributed by atoms with Crippen molar-refractivity contribution in [2.45, 2.75) is 32.8 Å². The van der Waals surface area contributed by atoms with Crippen LogP contribution in [-0.2, 0) is 4.79 Å². The van der Waals surface area contributed by atoms with Gasteiger partial charge in [0.25, 0.3) is 0 Å². The molecule has 1 aliphatic heterocycles. The van der Waals surface area contributed by atoms with E-state index in [0.29, 0.717) is 6.54 Å². The fourth-order valence-corrected chi connectivity index (χ4v) is 2.70. The van der Waals surface area contributed by atoms with Gasteiger partial charge in [-0.3, -0.25) is 4.79 Å². The second-order valence-corrected chi connectivity index (χ2v) is 5.74. The van der Waals surface area contributed by atoms with Gasteiger partial charge in [0.05, 0.1) is 0 Å². The molecule has 0 bridgehead atoms. The molecule has 0 saturated carbocycles. The van der Waals surface area contributed by atoms with Crippen molar-refractivity contribution in [1.82, 2.24) is 15.5 Å². The lowest BCUT2D eigenvalue weighted by Gasteiger charge is -2.34. The number of hydrogen-bond acceptors (Lipinski definition) is 3. The summed E-state index contributed by atoms with van der Waals surface area (Å²) in [7, 11) is 0. The zero-order chi connectivity index (χ0) is 17.2. The van der Waals surface area contributed by atoms with Crippen molar-refractivity contribution in [2.24, 2.45) is 4.99 Å². The van der Waals surface area contributed by atoms with Crippen molar-refractivity contribution in [3.05, 3.63) is 30.3 Å². The average molecular weight is 460 g/mol. The van der Waals surface area contributed by atoms with Crippen LogP contribution in [0.4, 0.5) is 0 Å². The Kier molecular flexibility index (Phi) is 10.3. The van der Waals surface area contributed by atoms with Crippen LogP contribution in [0.25, 0.3) is 0 Å². The molecule has 6 nitrogen and oxygen atoms in total. The first-order valence-electron chi connectivity index (χ1n) is 8.74. The number of nitrogens with one attached hydrogen (secondary N) is 2. The van der Waals surface area contributed by atoms with Gasteiger partial charge in [-0.2, -0.15) is 0 Å². The van der Waals surface area contributed by atoms with Crippen molar-refractivity contribution in [3.63, 3.8) is 0 Å². The average Bonchev–Trinajstić information content (AvgIpc) is 2.60. The molecule has 140 valence electrons. The smallest absolute Gasteiger partial charge is 0.241 e. The normalized spacial score (nSPS) is 15.3. The van der Waals surface area contributed by atoms with Gasteiger partial charge in [0.2, 0.25) is 5.91 Å². The van der Waals surface area contributed by atoms with Gasteiger partial charge in [-0.1, -0.05) is 18.2 Å². The summed E-state index contributed by atoms with van der Waals surface area (Å²) in [5.41, 5.74) is 0. The van der Waals surface area contributed by atoms with Crippen LogP contribution in [-0.4, -0.2) is 55.6 Å². The third-order valence-electron chi connectivity index (χ3n) is 3.87. The Hall–Kier alpha value is -1.51. The van der Waals surface area contributed by atoms with Gasteiger partial charge < -0.3 is 20.3 Å². The third-order valence-corrected chi connectivity index (χ3v) is 3.87. The molecule has 0 aromatic heterocycles. The van der Waals surface area contributed by atoms with E-state index in [1.165, 1.54) is 0 Å².